The van der Waals surface area contributed by atoms with Gasteiger partial charge in [-0.25, -0.2) is 4.79 Å². The molecule has 0 aromatic carbocycles. The molecule has 3 fully saturated rings. The van der Waals surface area contributed by atoms with Crippen LogP contribution >= 0.6 is 0 Å². The lowest BCUT2D eigenvalue weighted by Gasteiger charge is -2.67. The summed E-state index contributed by atoms with van der Waals surface area (Å²) in [6.45, 7) is 16.7. The van der Waals surface area contributed by atoms with E-state index in [9.17, 15) is 19.2 Å². The molecule has 7 nitrogen and oxygen atoms in total. The van der Waals surface area contributed by atoms with Crippen LogP contribution in [0, 0.1) is 34.0 Å². The van der Waals surface area contributed by atoms with Crippen molar-refractivity contribution in [3.05, 3.63) is 24.3 Å². The third-order valence-electron chi connectivity index (χ3n) is 9.28. The number of cyclic esters (lactones) is 2. The molecule has 2 aliphatic carbocycles. The SMILES string of the molecule is C=C1C[C@H]2[C@@]3(C)C=CC(=O)OC(C)(C)[C@H]3C[C@@H](OC(C)=O)[C@@]2(C)[C@@H]2C(=O)O[C@@H](C)C(=O)[C@@]12C. The summed E-state index contributed by atoms with van der Waals surface area (Å²) >= 11 is 0. The molecule has 0 amide bonds. The second-order valence-corrected chi connectivity index (χ2v) is 11.4. The van der Waals surface area contributed by atoms with Crippen LogP contribution in [0.1, 0.15) is 61.3 Å². The van der Waals surface area contributed by atoms with E-state index in [1.165, 1.54) is 13.0 Å². The summed E-state index contributed by atoms with van der Waals surface area (Å²) in [5.41, 5.74) is -2.80. The van der Waals surface area contributed by atoms with E-state index >= 15 is 0 Å². The van der Waals surface area contributed by atoms with Crippen LogP contribution in [0.25, 0.3) is 0 Å². The largest absolute Gasteiger partial charge is 0.462 e. The van der Waals surface area contributed by atoms with E-state index in [0.29, 0.717) is 18.4 Å². The number of fused-ring (bicyclic) bond motifs is 5. The van der Waals surface area contributed by atoms with E-state index in [2.05, 4.69) is 13.5 Å². The zero-order valence-electron chi connectivity index (χ0n) is 20.5. The van der Waals surface area contributed by atoms with E-state index < -0.39 is 57.9 Å². The van der Waals surface area contributed by atoms with Crippen LogP contribution in [0.5, 0.6) is 0 Å². The maximum absolute atomic E-state index is 13.5. The third-order valence-corrected chi connectivity index (χ3v) is 9.28. The highest BCUT2D eigenvalue weighted by molar-refractivity contribution is 6.00. The number of hydrogen-bond acceptors (Lipinski definition) is 7. The lowest BCUT2D eigenvalue weighted by Crippen LogP contribution is -2.71. The van der Waals surface area contributed by atoms with Crippen LogP contribution in [0.3, 0.4) is 0 Å². The number of rotatable bonds is 1. The average molecular weight is 459 g/mol. The van der Waals surface area contributed by atoms with Crippen molar-refractivity contribution in [3.63, 3.8) is 0 Å². The maximum Gasteiger partial charge on any atom is 0.330 e. The number of hydrogen-bond donors (Lipinski definition) is 0. The van der Waals surface area contributed by atoms with Crippen LogP contribution in [0.15, 0.2) is 24.3 Å². The number of ketones is 1. The molecule has 1 saturated heterocycles. The fraction of sp³-hybridized carbons (Fsp3) is 0.692. The van der Waals surface area contributed by atoms with Gasteiger partial charge in [-0.05, 0) is 51.9 Å². The van der Waals surface area contributed by atoms with E-state index in [1.807, 2.05) is 26.8 Å². The first kappa shape index (κ1) is 23.7. The van der Waals surface area contributed by atoms with Crippen LogP contribution in [0.4, 0.5) is 0 Å². The molecule has 0 N–H and O–H groups in total. The zero-order chi connectivity index (χ0) is 24.7. The number of carbonyl (C=O) groups excluding carboxylic acids is 4. The predicted molar refractivity (Wildman–Crippen MR) is 119 cm³/mol. The molecular weight excluding hydrogens is 424 g/mol. The van der Waals surface area contributed by atoms with Gasteiger partial charge in [0, 0.05) is 24.3 Å². The Morgan fingerprint density at radius 1 is 1.12 bits per heavy atom. The van der Waals surface area contributed by atoms with Crippen molar-refractivity contribution in [2.24, 2.45) is 34.0 Å². The van der Waals surface area contributed by atoms with Crippen molar-refractivity contribution in [2.45, 2.75) is 79.1 Å². The monoisotopic (exact) mass is 458 g/mol. The van der Waals surface area contributed by atoms with Crippen molar-refractivity contribution in [3.8, 4) is 0 Å². The summed E-state index contributed by atoms with van der Waals surface area (Å²) in [4.78, 5) is 51.6. The van der Waals surface area contributed by atoms with Crippen molar-refractivity contribution >= 4 is 23.7 Å². The van der Waals surface area contributed by atoms with Crippen LogP contribution < -0.4 is 0 Å². The Labute approximate surface area is 194 Å². The van der Waals surface area contributed by atoms with Crippen molar-refractivity contribution in [1.29, 1.82) is 0 Å². The van der Waals surface area contributed by atoms with Crippen LogP contribution in [0.2, 0.25) is 0 Å². The molecule has 33 heavy (non-hydrogen) atoms. The first-order valence-electron chi connectivity index (χ1n) is 11.6. The Kier molecular flexibility index (Phi) is 5.05. The second kappa shape index (κ2) is 7.03. The van der Waals surface area contributed by atoms with Crippen molar-refractivity contribution in [1.82, 2.24) is 0 Å². The Balaban J connectivity index is 1.98. The summed E-state index contributed by atoms with van der Waals surface area (Å²) in [6, 6.07) is 0. The van der Waals surface area contributed by atoms with Gasteiger partial charge in [-0.1, -0.05) is 32.1 Å². The van der Waals surface area contributed by atoms with E-state index in [-0.39, 0.29) is 17.6 Å². The Morgan fingerprint density at radius 2 is 1.76 bits per heavy atom. The highest BCUT2D eigenvalue weighted by atomic mass is 16.6. The van der Waals surface area contributed by atoms with Gasteiger partial charge in [0.2, 0.25) is 0 Å². The number of allylic oxidation sites excluding steroid dienone is 2. The Bertz CT molecular complexity index is 993. The molecule has 4 aliphatic rings. The third kappa shape index (κ3) is 3.00. The summed E-state index contributed by atoms with van der Waals surface area (Å²) < 4.78 is 17.2. The minimum Gasteiger partial charge on any atom is -0.462 e. The van der Waals surface area contributed by atoms with Crippen molar-refractivity contribution < 1.29 is 33.4 Å². The first-order valence-corrected chi connectivity index (χ1v) is 11.6. The van der Waals surface area contributed by atoms with Gasteiger partial charge in [-0.15, -0.1) is 0 Å². The summed E-state index contributed by atoms with van der Waals surface area (Å²) in [6.07, 6.45) is 2.64. The van der Waals surface area contributed by atoms with Crippen LogP contribution in [-0.4, -0.2) is 41.5 Å². The predicted octanol–water partition coefficient (Wildman–Crippen LogP) is 3.56. The lowest BCUT2D eigenvalue weighted by atomic mass is 9.37. The zero-order valence-corrected chi connectivity index (χ0v) is 20.5. The molecular formula is C26H34O7. The topological polar surface area (TPSA) is 96.0 Å². The molecule has 180 valence electrons. The van der Waals surface area contributed by atoms with E-state index in [0.717, 1.165) is 0 Å². The summed E-state index contributed by atoms with van der Waals surface area (Å²) in [7, 11) is 0. The van der Waals surface area contributed by atoms with E-state index in [4.69, 9.17) is 14.2 Å². The molecule has 4 rings (SSSR count). The molecule has 0 radical (unpaired) electrons. The fourth-order valence-electron chi connectivity index (χ4n) is 7.75. The van der Waals surface area contributed by atoms with Gasteiger partial charge in [0.1, 0.15) is 11.7 Å². The molecule has 8 atom stereocenters. The normalized spacial score (nSPS) is 46.2. The van der Waals surface area contributed by atoms with Gasteiger partial charge in [0.25, 0.3) is 0 Å². The van der Waals surface area contributed by atoms with E-state index in [1.54, 1.807) is 13.8 Å². The number of esters is 3. The first-order chi connectivity index (χ1) is 15.1. The molecule has 7 heteroatoms. The minimum absolute atomic E-state index is 0.180. The molecule has 2 heterocycles. The van der Waals surface area contributed by atoms with Gasteiger partial charge >= 0.3 is 17.9 Å². The summed E-state index contributed by atoms with van der Waals surface area (Å²) in [5, 5.41) is 0. The lowest BCUT2D eigenvalue weighted by molar-refractivity contribution is -0.237. The number of Topliss-reactive ketones (excluding diaryl/α,β-unsaturated/α-hetero) is 1. The van der Waals surface area contributed by atoms with Gasteiger partial charge in [0.15, 0.2) is 11.9 Å². The molecule has 0 aromatic heterocycles. The molecule has 0 bridgehead atoms. The van der Waals surface area contributed by atoms with Gasteiger partial charge in [-0.3, -0.25) is 14.4 Å². The van der Waals surface area contributed by atoms with Gasteiger partial charge in [-0.2, -0.15) is 0 Å². The highest BCUT2D eigenvalue weighted by Crippen LogP contribution is 2.70. The molecule has 0 aromatic rings. The van der Waals surface area contributed by atoms with Gasteiger partial charge in [0.05, 0.1) is 11.3 Å². The standard InChI is InChI=1S/C26H34O7/c1-13-11-17-24(6)10-9-19(28)33-23(4,5)16(24)12-18(32-15(3)27)26(17,8)20-22(30)31-14(2)21(29)25(13,20)7/h9-10,14,16-18,20H,1,11-12H2,2-8H3/t14-,16+,17-,18+,20+,24-,25-,26-/m0/s1. The molecule has 2 saturated carbocycles. The second-order valence-electron chi connectivity index (χ2n) is 11.4. The Hall–Kier alpha value is -2.44. The minimum atomic E-state index is -1.13. The quantitative estimate of drug-likeness (QED) is 0.337. The van der Waals surface area contributed by atoms with Crippen molar-refractivity contribution in [2.75, 3.05) is 0 Å². The maximum atomic E-state index is 13.5. The average Bonchev–Trinajstić information content (AvgIpc) is 2.76. The number of carbonyl (C=O) groups is 4. The summed E-state index contributed by atoms with van der Waals surface area (Å²) in [5.74, 6) is -2.85. The van der Waals surface area contributed by atoms with Gasteiger partial charge < -0.3 is 14.2 Å². The highest BCUT2D eigenvalue weighted by Gasteiger charge is 2.73. The number of ether oxygens (including phenoxy) is 3. The molecule has 0 unspecified atom stereocenters. The molecule has 0 spiro atoms. The Morgan fingerprint density at radius 3 is 2.36 bits per heavy atom. The molecule has 2 aliphatic heterocycles. The smallest absolute Gasteiger partial charge is 0.330 e. The fourth-order valence-corrected chi connectivity index (χ4v) is 7.75. The van der Waals surface area contributed by atoms with Crippen LogP contribution in [-0.2, 0) is 33.4 Å².